The smallest absolute Gasteiger partial charge is 0.113 e. The zero-order chi connectivity index (χ0) is 13.7. The van der Waals surface area contributed by atoms with Gasteiger partial charge in [-0.25, -0.2) is 0 Å². The number of rotatable bonds is 5. The lowest BCUT2D eigenvalue weighted by Gasteiger charge is -2.25. The molecule has 0 saturated carbocycles. The molecule has 0 fully saturated rings. The lowest BCUT2D eigenvalue weighted by molar-refractivity contribution is 0.167. The van der Waals surface area contributed by atoms with Gasteiger partial charge in [-0.1, -0.05) is 24.6 Å². The first kappa shape index (κ1) is 14.9. The quantitative estimate of drug-likeness (QED) is 0.825. The molecule has 4 heteroatoms. The van der Waals surface area contributed by atoms with E-state index in [-0.39, 0.29) is 6.04 Å². The fraction of sp³-hybridized carbons (Fsp3) is 0.467. The highest BCUT2D eigenvalue weighted by Crippen LogP contribution is 2.31. The van der Waals surface area contributed by atoms with Gasteiger partial charge in [0.15, 0.2) is 0 Å². The fourth-order valence-electron chi connectivity index (χ4n) is 2.14. The second-order valence-electron chi connectivity index (χ2n) is 4.66. The first-order valence-corrected chi connectivity index (χ1v) is 7.90. The van der Waals surface area contributed by atoms with Crippen LogP contribution < -0.4 is 5.32 Å². The van der Waals surface area contributed by atoms with Gasteiger partial charge in [0.25, 0.3) is 0 Å². The van der Waals surface area contributed by atoms with Gasteiger partial charge in [0.2, 0.25) is 0 Å². The van der Waals surface area contributed by atoms with Gasteiger partial charge in [-0.05, 0) is 65.5 Å². The van der Waals surface area contributed by atoms with E-state index in [2.05, 4.69) is 40.3 Å². The van der Waals surface area contributed by atoms with Crippen molar-refractivity contribution in [2.24, 2.45) is 0 Å². The van der Waals surface area contributed by atoms with E-state index < -0.39 is 0 Å². The minimum atomic E-state index is 0.103. The third-order valence-electron chi connectivity index (χ3n) is 3.12. The van der Waals surface area contributed by atoms with Crippen LogP contribution in [0.1, 0.15) is 37.8 Å². The number of hydrogen-bond acceptors (Lipinski definition) is 2. The van der Waals surface area contributed by atoms with E-state index in [1.807, 2.05) is 12.1 Å². The molecule has 0 radical (unpaired) electrons. The Labute approximate surface area is 128 Å². The van der Waals surface area contributed by atoms with Gasteiger partial charge in [-0.2, -0.15) is 0 Å². The second-order valence-corrected chi connectivity index (χ2v) is 5.92. The van der Waals surface area contributed by atoms with Gasteiger partial charge in [0.05, 0.1) is 17.7 Å². The molecule has 1 heterocycles. The first-order valence-electron chi connectivity index (χ1n) is 6.73. The van der Waals surface area contributed by atoms with Crippen molar-refractivity contribution in [2.75, 3.05) is 13.2 Å². The molecule has 2 nitrogen and oxygen atoms in total. The molecule has 19 heavy (non-hydrogen) atoms. The SMILES string of the molecule is CCCNC(C1=CCCCO1)c1ccc(Br)c(Cl)c1. The maximum Gasteiger partial charge on any atom is 0.113 e. The highest BCUT2D eigenvalue weighted by atomic mass is 79.9. The van der Waals surface area contributed by atoms with Crippen LogP contribution in [0.5, 0.6) is 0 Å². The number of nitrogens with one attached hydrogen (secondary N) is 1. The summed E-state index contributed by atoms with van der Waals surface area (Å²) in [5.74, 6) is 1.03. The van der Waals surface area contributed by atoms with Gasteiger partial charge in [-0.15, -0.1) is 0 Å². The van der Waals surface area contributed by atoms with Gasteiger partial charge in [0, 0.05) is 4.47 Å². The molecule has 0 spiro atoms. The number of ether oxygens (including phenoxy) is 1. The highest BCUT2D eigenvalue weighted by molar-refractivity contribution is 9.10. The summed E-state index contributed by atoms with van der Waals surface area (Å²) in [6.07, 6.45) is 5.47. The topological polar surface area (TPSA) is 21.3 Å². The van der Waals surface area contributed by atoms with Crippen LogP contribution in [0.4, 0.5) is 0 Å². The number of allylic oxidation sites excluding steroid dienone is 1. The molecule has 1 unspecified atom stereocenters. The van der Waals surface area contributed by atoms with E-state index >= 15 is 0 Å². The van der Waals surface area contributed by atoms with Gasteiger partial charge in [0.1, 0.15) is 5.76 Å². The third-order valence-corrected chi connectivity index (χ3v) is 4.36. The van der Waals surface area contributed by atoms with Crippen molar-refractivity contribution in [3.63, 3.8) is 0 Å². The summed E-state index contributed by atoms with van der Waals surface area (Å²) in [6.45, 7) is 3.92. The third kappa shape index (κ3) is 3.98. The average Bonchev–Trinajstić information content (AvgIpc) is 2.44. The predicted octanol–water partition coefficient (Wildman–Crippen LogP) is 4.84. The Morgan fingerprint density at radius 2 is 2.32 bits per heavy atom. The maximum atomic E-state index is 6.20. The van der Waals surface area contributed by atoms with Crippen LogP contribution in [-0.2, 0) is 4.74 Å². The molecule has 0 saturated heterocycles. The van der Waals surface area contributed by atoms with Crippen molar-refractivity contribution in [3.05, 3.63) is 45.1 Å². The number of halogens is 2. The van der Waals surface area contributed by atoms with Crippen molar-refractivity contribution in [1.82, 2.24) is 5.32 Å². The molecule has 104 valence electrons. The molecule has 0 aromatic heterocycles. The van der Waals surface area contributed by atoms with Crippen LogP contribution in [0.15, 0.2) is 34.5 Å². The molecule has 0 aliphatic carbocycles. The van der Waals surface area contributed by atoms with Crippen molar-refractivity contribution < 1.29 is 4.74 Å². The van der Waals surface area contributed by atoms with Crippen LogP contribution in [0.3, 0.4) is 0 Å². The van der Waals surface area contributed by atoms with E-state index in [4.69, 9.17) is 16.3 Å². The Balaban J connectivity index is 2.25. The summed E-state index contributed by atoms with van der Waals surface area (Å²) >= 11 is 9.62. The van der Waals surface area contributed by atoms with Crippen molar-refractivity contribution in [2.45, 2.75) is 32.2 Å². The Bertz CT molecular complexity index is 461. The number of hydrogen-bond donors (Lipinski definition) is 1. The van der Waals surface area contributed by atoms with Crippen molar-refractivity contribution >= 4 is 27.5 Å². The van der Waals surface area contributed by atoms with E-state index in [0.717, 1.165) is 53.2 Å². The molecule has 1 aromatic carbocycles. The molecular weight excluding hydrogens is 326 g/mol. The van der Waals surface area contributed by atoms with Crippen LogP contribution in [0, 0.1) is 0 Å². The van der Waals surface area contributed by atoms with Crippen molar-refractivity contribution in [1.29, 1.82) is 0 Å². The zero-order valence-corrected chi connectivity index (χ0v) is 13.4. The molecule has 1 aliphatic heterocycles. The normalized spacial score (nSPS) is 16.7. The summed E-state index contributed by atoms with van der Waals surface area (Å²) < 4.78 is 6.73. The summed E-state index contributed by atoms with van der Waals surface area (Å²) in [4.78, 5) is 0. The van der Waals surface area contributed by atoms with Gasteiger partial charge in [-0.3, -0.25) is 0 Å². The molecule has 0 amide bonds. The van der Waals surface area contributed by atoms with E-state index in [1.54, 1.807) is 0 Å². The molecule has 0 bridgehead atoms. The van der Waals surface area contributed by atoms with Gasteiger partial charge >= 0.3 is 0 Å². The monoisotopic (exact) mass is 343 g/mol. The summed E-state index contributed by atoms with van der Waals surface area (Å²) in [7, 11) is 0. The molecule has 1 N–H and O–H groups in total. The van der Waals surface area contributed by atoms with Crippen LogP contribution >= 0.6 is 27.5 Å². The number of benzene rings is 1. The lowest BCUT2D eigenvalue weighted by atomic mass is 10.0. The maximum absolute atomic E-state index is 6.20. The Morgan fingerprint density at radius 1 is 1.47 bits per heavy atom. The molecule has 1 aromatic rings. The Kier molecular flexibility index (Phi) is 5.74. The van der Waals surface area contributed by atoms with Crippen molar-refractivity contribution in [3.8, 4) is 0 Å². The van der Waals surface area contributed by atoms with E-state index in [0.29, 0.717) is 0 Å². The predicted molar refractivity (Wildman–Crippen MR) is 83.5 cm³/mol. The Morgan fingerprint density at radius 3 is 2.95 bits per heavy atom. The summed E-state index contributed by atoms with van der Waals surface area (Å²) in [6, 6.07) is 6.17. The molecule has 2 rings (SSSR count). The molecular formula is C15H19BrClNO. The average molecular weight is 345 g/mol. The van der Waals surface area contributed by atoms with Gasteiger partial charge < -0.3 is 10.1 Å². The summed E-state index contributed by atoms with van der Waals surface area (Å²) in [5, 5.41) is 4.27. The van der Waals surface area contributed by atoms with E-state index in [9.17, 15) is 0 Å². The molecule has 1 atom stereocenters. The second kappa shape index (κ2) is 7.32. The van der Waals surface area contributed by atoms with E-state index in [1.165, 1.54) is 0 Å². The lowest BCUT2D eigenvalue weighted by Crippen LogP contribution is -2.26. The molecule has 1 aliphatic rings. The minimum Gasteiger partial charge on any atom is -0.496 e. The first-order chi connectivity index (χ1) is 9.22. The highest BCUT2D eigenvalue weighted by Gasteiger charge is 2.19. The Hall–Kier alpha value is -0.510. The van der Waals surface area contributed by atoms with Crippen LogP contribution in [0.2, 0.25) is 5.02 Å². The standard InChI is InChI=1S/C15H19BrClNO/c1-2-8-18-15(14-5-3-4-9-19-14)11-6-7-12(16)13(17)10-11/h5-7,10,15,18H,2-4,8-9H2,1H3. The summed E-state index contributed by atoms with van der Waals surface area (Å²) in [5.41, 5.74) is 1.15. The minimum absolute atomic E-state index is 0.103. The van der Waals surface area contributed by atoms with Crippen LogP contribution in [-0.4, -0.2) is 13.2 Å². The zero-order valence-electron chi connectivity index (χ0n) is 11.1. The largest absolute Gasteiger partial charge is 0.496 e. The fourth-order valence-corrected chi connectivity index (χ4v) is 2.58. The van der Waals surface area contributed by atoms with Crippen LogP contribution in [0.25, 0.3) is 0 Å².